The summed E-state index contributed by atoms with van der Waals surface area (Å²) in [4.78, 5) is 21.0. The number of piperidine rings is 1. The zero-order valence-corrected chi connectivity index (χ0v) is 17.1. The molecule has 0 bridgehead atoms. The van der Waals surface area contributed by atoms with Crippen molar-refractivity contribution in [3.63, 3.8) is 0 Å². The van der Waals surface area contributed by atoms with Gasteiger partial charge in [0.1, 0.15) is 0 Å². The van der Waals surface area contributed by atoms with Gasteiger partial charge in [0.15, 0.2) is 17.9 Å². The Bertz CT molecular complexity index is 805. The number of hydrogen-bond donors (Lipinski definition) is 0. The number of oxazole rings is 1. The molecule has 1 aliphatic rings. The number of methoxy groups -OCH3 is 2. The number of carbonyl (C=O) groups excluding carboxylic acids is 1. The highest BCUT2D eigenvalue weighted by Crippen LogP contribution is 2.28. The first-order valence-electron chi connectivity index (χ1n) is 9.64. The highest BCUT2D eigenvalue weighted by atomic mass is 16.5. The molecule has 0 radical (unpaired) electrons. The second-order valence-corrected chi connectivity index (χ2v) is 7.23. The molecule has 28 heavy (non-hydrogen) atoms. The average molecular weight is 387 g/mol. The molecule has 1 fully saturated rings. The van der Waals surface area contributed by atoms with Crippen LogP contribution in [-0.2, 0) is 6.42 Å². The van der Waals surface area contributed by atoms with E-state index in [9.17, 15) is 4.79 Å². The zero-order chi connectivity index (χ0) is 20.1. The summed E-state index contributed by atoms with van der Waals surface area (Å²) in [5.41, 5.74) is 1.85. The Kier molecular flexibility index (Phi) is 6.57. The van der Waals surface area contributed by atoms with E-state index in [1.54, 1.807) is 21.1 Å². The van der Waals surface area contributed by atoms with E-state index in [1.165, 1.54) is 12.0 Å². The summed E-state index contributed by atoms with van der Waals surface area (Å²) in [6, 6.07) is 6.37. The highest BCUT2D eigenvalue weighted by molar-refractivity contribution is 5.92. The van der Waals surface area contributed by atoms with Crippen LogP contribution >= 0.6 is 0 Å². The third-order valence-electron chi connectivity index (χ3n) is 5.45. The Morgan fingerprint density at radius 2 is 2.11 bits per heavy atom. The Balaban J connectivity index is 1.58. The molecule has 3 rings (SSSR count). The second kappa shape index (κ2) is 9.10. The molecule has 0 spiro atoms. The summed E-state index contributed by atoms with van der Waals surface area (Å²) in [5.74, 6) is 1.78. The maximum Gasteiger partial charge on any atom is 0.291 e. The van der Waals surface area contributed by atoms with E-state index >= 15 is 0 Å². The summed E-state index contributed by atoms with van der Waals surface area (Å²) in [7, 11) is 5.42. The van der Waals surface area contributed by atoms with Gasteiger partial charge in [-0.05, 0) is 50.9 Å². The smallest absolute Gasteiger partial charge is 0.291 e. The van der Waals surface area contributed by atoms with Crippen molar-refractivity contribution in [1.29, 1.82) is 0 Å². The Labute approximate surface area is 166 Å². The molecule has 1 saturated heterocycles. The van der Waals surface area contributed by atoms with E-state index < -0.39 is 0 Å². The molecule has 7 nitrogen and oxygen atoms in total. The summed E-state index contributed by atoms with van der Waals surface area (Å²) in [6.45, 7) is 4.18. The number of benzene rings is 1. The predicted octanol–water partition coefficient (Wildman–Crippen LogP) is 2.78. The lowest BCUT2D eigenvalue weighted by Crippen LogP contribution is -2.49. The lowest BCUT2D eigenvalue weighted by molar-refractivity contribution is 0.0580. The fraction of sp³-hybridized carbons (Fsp3) is 0.524. The minimum atomic E-state index is -0.0620. The van der Waals surface area contributed by atoms with Crippen molar-refractivity contribution in [1.82, 2.24) is 14.8 Å². The van der Waals surface area contributed by atoms with Crippen LogP contribution in [0, 0.1) is 6.92 Å². The SMILES string of the molecule is COc1ccc(CCN(C)[C@H]2CCCN(C(=O)c3ocnc3C)C2)cc1OC. The minimum absolute atomic E-state index is 0.0620. The van der Waals surface area contributed by atoms with E-state index in [2.05, 4.69) is 23.0 Å². The third-order valence-corrected chi connectivity index (χ3v) is 5.45. The first-order valence-corrected chi connectivity index (χ1v) is 9.64. The van der Waals surface area contributed by atoms with E-state index in [1.807, 2.05) is 17.0 Å². The average Bonchev–Trinajstić information content (AvgIpc) is 3.17. The van der Waals surface area contributed by atoms with Crippen molar-refractivity contribution in [2.75, 3.05) is 40.9 Å². The van der Waals surface area contributed by atoms with Crippen molar-refractivity contribution in [3.05, 3.63) is 41.6 Å². The number of likely N-dealkylation sites (N-methyl/N-ethyl adjacent to an activating group) is 1. The van der Waals surface area contributed by atoms with Crippen LogP contribution in [0.4, 0.5) is 0 Å². The number of carbonyl (C=O) groups is 1. The number of aryl methyl sites for hydroxylation is 1. The summed E-state index contributed by atoms with van der Waals surface area (Å²) < 4.78 is 16.0. The molecule has 0 N–H and O–H groups in total. The van der Waals surface area contributed by atoms with Crippen LogP contribution in [0.2, 0.25) is 0 Å². The highest BCUT2D eigenvalue weighted by Gasteiger charge is 2.29. The molecule has 2 aromatic rings. The molecule has 1 aliphatic heterocycles. The van der Waals surface area contributed by atoms with Gasteiger partial charge in [-0.1, -0.05) is 6.07 Å². The summed E-state index contributed by atoms with van der Waals surface area (Å²) in [6.07, 6.45) is 4.31. The van der Waals surface area contributed by atoms with Gasteiger partial charge in [-0.2, -0.15) is 0 Å². The molecule has 0 aliphatic carbocycles. The molecule has 0 saturated carbocycles. The van der Waals surface area contributed by atoms with Crippen molar-refractivity contribution in [2.24, 2.45) is 0 Å². The van der Waals surface area contributed by atoms with Crippen LogP contribution in [0.1, 0.15) is 34.7 Å². The molecule has 152 valence electrons. The Hall–Kier alpha value is -2.54. The number of amides is 1. The van der Waals surface area contributed by atoms with E-state index in [-0.39, 0.29) is 5.91 Å². The quantitative estimate of drug-likeness (QED) is 0.728. The van der Waals surface area contributed by atoms with Gasteiger partial charge in [0.05, 0.1) is 19.9 Å². The molecule has 0 unspecified atom stereocenters. The van der Waals surface area contributed by atoms with E-state index in [0.29, 0.717) is 24.0 Å². The van der Waals surface area contributed by atoms with Crippen LogP contribution in [0.15, 0.2) is 29.0 Å². The number of aromatic nitrogens is 1. The number of ether oxygens (including phenoxy) is 2. The largest absolute Gasteiger partial charge is 0.493 e. The van der Waals surface area contributed by atoms with E-state index in [0.717, 1.165) is 43.9 Å². The van der Waals surface area contributed by atoms with Gasteiger partial charge in [0.2, 0.25) is 5.76 Å². The van der Waals surface area contributed by atoms with Gasteiger partial charge in [0, 0.05) is 25.7 Å². The normalized spacial score (nSPS) is 17.0. The lowest BCUT2D eigenvalue weighted by Gasteiger charge is -2.37. The number of likely N-dealkylation sites (tertiary alicyclic amines) is 1. The number of rotatable bonds is 7. The van der Waals surface area contributed by atoms with E-state index in [4.69, 9.17) is 13.9 Å². The van der Waals surface area contributed by atoms with Crippen molar-refractivity contribution < 1.29 is 18.7 Å². The lowest BCUT2D eigenvalue weighted by atomic mass is 10.0. The van der Waals surface area contributed by atoms with Gasteiger partial charge in [0.25, 0.3) is 5.91 Å². The first kappa shape index (κ1) is 20.2. The molecule has 1 aromatic heterocycles. The molecule has 1 amide bonds. The standard InChI is InChI=1S/C21H29N3O4/c1-15-20(28-14-22-15)21(25)24-10-5-6-17(13-24)23(2)11-9-16-7-8-18(26-3)19(12-16)27-4/h7-8,12,14,17H,5-6,9-11,13H2,1-4H3/t17-/m0/s1. The van der Waals surface area contributed by atoms with Crippen LogP contribution in [0.25, 0.3) is 0 Å². The first-order chi connectivity index (χ1) is 13.5. The zero-order valence-electron chi connectivity index (χ0n) is 17.1. The maximum absolute atomic E-state index is 12.7. The van der Waals surface area contributed by atoms with Crippen molar-refractivity contribution in [2.45, 2.75) is 32.2 Å². The summed E-state index contributed by atoms with van der Waals surface area (Å²) in [5, 5.41) is 0. The fourth-order valence-corrected chi connectivity index (χ4v) is 3.67. The van der Waals surface area contributed by atoms with Gasteiger partial charge in [-0.25, -0.2) is 4.98 Å². The Morgan fingerprint density at radius 3 is 2.79 bits per heavy atom. The third kappa shape index (κ3) is 4.47. The van der Waals surface area contributed by atoms with Gasteiger partial charge < -0.3 is 23.7 Å². The molecule has 2 heterocycles. The van der Waals surface area contributed by atoms with Gasteiger partial charge >= 0.3 is 0 Å². The van der Waals surface area contributed by atoms with Crippen LogP contribution in [0.5, 0.6) is 11.5 Å². The molecule has 7 heteroatoms. The molecular formula is C21H29N3O4. The minimum Gasteiger partial charge on any atom is -0.493 e. The van der Waals surface area contributed by atoms with Crippen LogP contribution < -0.4 is 9.47 Å². The van der Waals surface area contributed by atoms with Crippen molar-refractivity contribution in [3.8, 4) is 11.5 Å². The maximum atomic E-state index is 12.7. The molecular weight excluding hydrogens is 358 g/mol. The second-order valence-electron chi connectivity index (χ2n) is 7.23. The predicted molar refractivity (Wildman–Crippen MR) is 106 cm³/mol. The van der Waals surface area contributed by atoms with Gasteiger partial charge in [-0.3, -0.25) is 4.79 Å². The number of nitrogens with zero attached hydrogens (tertiary/aromatic N) is 3. The summed E-state index contributed by atoms with van der Waals surface area (Å²) >= 11 is 0. The number of hydrogen-bond acceptors (Lipinski definition) is 6. The topological polar surface area (TPSA) is 68.0 Å². The van der Waals surface area contributed by atoms with Crippen LogP contribution in [-0.4, -0.2) is 67.6 Å². The fourth-order valence-electron chi connectivity index (χ4n) is 3.67. The Morgan fingerprint density at radius 1 is 1.32 bits per heavy atom. The van der Waals surface area contributed by atoms with Gasteiger partial charge in [-0.15, -0.1) is 0 Å². The molecule has 1 aromatic carbocycles. The van der Waals surface area contributed by atoms with Crippen molar-refractivity contribution >= 4 is 5.91 Å². The monoisotopic (exact) mass is 387 g/mol. The molecule has 1 atom stereocenters. The van der Waals surface area contributed by atoms with Crippen LogP contribution in [0.3, 0.4) is 0 Å².